The van der Waals surface area contributed by atoms with Gasteiger partial charge < -0.3 is 9.97 Å². The number of hydrogen-bond acceptors (Lipinski definition) is 4. The standard InChI is InChI=1S/C20H16N4O3S/c25-20-22-18-10-9-17(13-19(18)23-20)28(26,27)24-16-6-3-4-14(12-16)7-8-15-5-1-2-11-21-15/h1-13,24H,(H2,22,23,25)/b8-7+. The lowest BCUT2D eigenvalue weighted by molar-refractivity contribution is 0.601. The first kappa shape index (κ1) is 17.7. The minimum absolute atomic E-state index is 0.0599. The summed E-state index contributed by atoms with van der Waals surface area (Å²) < 4.78 is 28.0. The van der Waals surface area contributed by atoms with Gasteiger partial charge in [0.05, 0.1) is 21.6 Å². The van der Waals surface area contributed by atoms with Gasteiger partial charge in [0, 0.05) is 11.9 Å². The highest BCUT2D eigenvalue weighted by Crippen LogP contribution is 2.20. The van der Waals surface area contributed by atoms with Crippen molar-refractivity contribution in [1.82, 2.24) is 15.0 Å². The van der Waals surface area contributed by atoms with Crippen LogP contribution in [0.25, 0.3) is 23.2 Å². The Morgan fingerprint density at radius 2 is 1.75 bits per heavy atom. The molecule has 8 heteroatoms. The summed E-state index contributed by atoms with van der Waals surface area (Å²) in [6.07, 6.45) is 5.42. The van der Waals surface area contributed by atoms with Crippen molar-refractivity contribution in [1.29, 1.82) is 0 Å². The summed E-state index contributed by atoms with van der Waals surface area (Å²) in [4.78, 5) is 20.8. The van der Waals surface area contributed by atoms with E-state index in [1.54, 1.807) is 30.5 Å². The molecule has 0 bridgehead atoms. The van der Waals surface area contributed by atoms with Gasteiger partial charge in [0.2, 0.25) is 0 Å². The summed E-state index contributed by atoms with van der Waals surface area (Å²) >= 11 is 0. The molecule has 0 atom stereocenters. The molecule has 140 valence electrons. The molecule has 0 aliphatic rings. The minimum Gasteiger partial charge on any atom is -0.306 e. The number of H-pyrrole nitrogens is 2. The molecule has 0 radical (unpaired) electrons. The van der Waals surface area contributed by atoms with E-state index in [1.165, 1.54) is 12.1 Å². The number of fused-ring (bicyclic) bond motifs is 1. The molecule has 2 aromatic carbocycles. The fraction of sp³-hybridized carbons (Fsp3) is 0. The molecule has 4 aromatic rings. The van der Waals surface area contributed by atoms with Crippen LogP contribution < -0.4 is 10.4 Å². The van der Waals surface area contributed by atoms with E-state index in [1.807, 2.05) is 36.4 Å². The van der Waals surface area contributed by atoms with E-state index in [4.69, 9.17) is 0 Å². The van der Waals surface area contributed by atoms with Gasteiger partial charge in [0.15, 0.2) is 0 Å². The van der Waals surface area contributed by atoms with Crippen molar-refractivity contribution in [2.24, 2.45) is 0 Å². The van der Waals surface area contributed by atoms with Crippen LogP contribution in [0.3, 0.4) is 0 Å². The molecular weight excluding hydrogens is 376 g/mol. The Labute approximate surface area is 160 Å². The first-order chi connectivity index (χ1) is 13.5. The van der Waals surface area contributed by atoms with Crippen LogP contribution in [0.4, 0.5) is 5.69 Å². The van der Waals surface area contributed by atoms with E-state index >= 15 is 0 Å². The Morgan fingerprint density at radius 3 is 2.57 bits per heavy atom. The molecule has 2 aromatic heterocycles. The second-order valence-corrected chi connectivity index (χ2v) is 7.79. The zero-order valence-electron chi connectivity index (χ0n) is 14.6. The molecule has 0 saturated carbocycles. The fourth-order valence-electron chi connectivity index (χ4n) is 2.75. The number of imidazole rings is 1. The predicted octanol–water partition coefficient (Wildman–Crippen LogP) is 3.22. The lowest BCUT2D eigenvalue weighted by Gasteiger charge is -2.09. The average molecular weight is 392 g/mol. The van der Waals surface area contributed by atoms with E-state index in [-0.39, 0.29) is 10.6 Å². The Kier molecular flexibility index (Phi) is 4.54. The SMILES string of the molecule is O=c1[nH]c2ccc(S(=O)(=O)Nc3cccc(/C=C/c4ccccn4)c3)cc2[nH]1. The van der Waals surface area contributed by atoms with Crippen molar-refractivity contribution < 1.29 is 8.42 Å². The molecule has 2 heterocycles. The van der Waals surface area contributed by atoms with Gasteiger partial charge in [0.25, 0.3) is 10.0 Å². The Morgan fingerprint density at radius 1 is 0.893 bits per heavy atom. The van der Waals surface area contributed by atoms with Crippen molar-refractivity contribution in [2.45, 2.75) is 4.90 Å². The maximum absolute atomic E-state index is 12.7. The number of hydrogen-bond donors (Lipinski definition) is 3. The Balaban J connectivity index is 1.58. The van der Waals surface area contributed by atoms with Gasteiger partial charge >= 0.3 is 5.69 Å². The van der Waals surface area contributed by atoms with Crippen LogP contribution in [0.2, 0.25) is 0 Å². The van der Waals surface area contributed by atoms with E-state index in [0.29, 0.717) is 16.7 Å². The number of nitrogens with one attached hydrogen (secondary N) is 3. The maximum Gasteiger partial charge on any atom is 0.323 e. The van der Waals surface area contributed by atoms with Crippen molar-refractivity contribution in [3.05, 3.63) is 88.6 Å². The smallest absolute Gasteiger partial charge is 0.306 e. The topological polar surface area (TPSA) is 108 Å². The second-order valence-electron chi connectivity index (χ2n) is 6.11. The van der Waals surface area contributed by atoms with Crippen LogP contribution in [0, 0.1) is 0 Å². The first-order valence-electron chi connectivity index (χ1n) is 8.44. The molecule has 7 nitrogen and oxygen atoms in total. The number of pyridine rings is 1. The van der Waals surface area contributed by atoms with Crippen LogP contribution in [0.5, 0.6) is 0 Å². The number of sulfonamides is 1. The Bertz CT molecular complexity index is 1320. The van der Waals surface area contributed by atoms with E-state index in [0.717, 1.165) is 11.3 Å². The van der Waals surface area contributed by atoms with Crippen LogP contribution in [-0.2, 0) is 10.0 Å². The van der Waals surface area contributed by atoms with Crippen LogP contribution in [0.1, 0.15) is 11.3 Å². The van der Waals surface area contributed by atoms with E-state index in [9.17, 15) is 13.2 Å². The summed E-state index contributed by atoms with van der Waals surface area (Å²) in [5, 5.41) is 0. The predicted molar refractivity (Wildman–Crippen MR) is 109 cm³/mol. The molecule has 0 saturated heterocycles. The quantitative estimate of drug-likeness (QED) is 0.485. The zero-order valence-corrected chi connectivity index (χ0v) is 15.4. The second kappa shape index (κ2) is 7.16. The molecule has 0 spiro atoms. The number of aromatic nitrogens is 3. The van der Waals surface area contributed by atoms with E-state index < -0.39 is 10.0 Å². The van der Waals surface area contributed by atoms with Gasteiger partial charge in [-0.2, -0.15) is 0 Å². The van der Waals surface area contributed by atoms with Crippen molar-refractivity contribution in [3.63, 3.8) is 0 Å². The van der Waals surface area contributed by atoms with Crippen LogP contribution >= 0.6 is 0 Å². The summed E-state index contributed by atoms with van der Waals surface area (Å²) in [6.45, 7) is 0. The van der Waals surface area contributed by atoms with Crippen LogP contribution in [-0.4, -0.2) is 23.4 Å². The molecule has 0 amide bonds. The highest BCUT2D eigenvalue weighted by molar-refractivity contribution is 7.92. The molecule has 0 fully saturated rings. The van der Waals surface area contributed by atoms with Gasteiger partial charge in [-0.05, 0) is 54.1 Å². The zero-order chi connectivity index (χ0) is 19.6. The fourth-order valence-corrected chi connectivity index (χ4v) is 3.83. The number of anilines is 1. The molecule has 28 heavy (non-hydrogen) atoms. The first-order valence-corrected chi connectivity index (χ1v) is 9.92. The number of benzene rings is 2. The average Bonchev–Trinajstić information content (AvgIpc) is 3.06. The third kappa shape index (κ3) is 3.86. The number of rotatable bonds is 5. The van der Waals surface area contributed by atoms with Crippen molar-refractivity contribution in [3.8, 4) is 0 Å². The van der Waals surface area contributed by atoms with Gasteiger partial charge in [-0.1, -0.05) is 24.3 Å². The summed E-state index contributed by atoms with van der Waals surface area (Å²) in [6, 6.07) is 17.1. The minimum atomic E-state index is -3.80. The number of nitrogens with zero attached hydrogens (tertiary/aromatic N) is 1. The van der Waals surface area contributed by atoms with Gasteiger partial charge in [0.1, 0.15) is 0 Å². The van der Waals surface area contributed by atoms with Crippen molar-refractivity contribution in [2.75, 3.05) is 4.72 Å². The summed E-state index contributed by atoms with van der Waals surface area (Å²) in [5.74, 6) is 0. The van der Waals surface area contributed by atoms with Gasteiger partial charge in [-0.25, -0.2) is 13.2 Å². The lowest BCUT2D eigenvalue weighted by atomic mass is 10.2. The third-order valence-corrected chi connectivity index (χ3v) is 5.45. The van der Waals surface area contributed by atoms with Crippen LogP contribution in [0.15, 0.2) is 76.6 Å². The maximum atomic E-state index is 12.7. The summed E-state index contributed by atoms with van der Waals surface area (Å²) in [7, 11) is -3.80. The van der Waals surface area contributed by atoms with Gasteiger partial charge in [-0.3, -0.25) is 9.71 Å². The highest BCUT2D eigenvalue weighted by atomic mass is 32.2. The molecule has 0 aliphatic heterocycles. The third-order valence-electron chi connectivity index (χ3n) is 4.07. The molecule has 3 N–H and O–H groups in total. The Hall–Kier alpha value is -3.65. The molecule has 0 aliphatic carbocycles. The van der Waals surface area contributed by atoms with E-state index in [2.05, 4.69) is 19.7 Å². The lowest BCUT2D eigenvalue weighted by Crippen LogP contribution is -2.12. The largest absolute Gasteiger partial charge is 0.323 e. The number of aromatic amines is 2. The molecule has 4 rings (SSSR count). The van der Waals surface area contributed by atoms with Crippen molar-refractivity contribution >= 4 is 38.9 Å². The normalized spacial score (nSPS) is 11.9. The monoisotopic (exact) mass is 392 g/mol. The van der Waals surface area contributed by atoms with Gasteiger partial charge in [-0.15, -0.1) is 0 Å². The highest BCUT2D eigenvalue weighted by Gasteiger charge is 2.15. The summed E-state index contributed by atoms with van der Waals surface area (Å²) in [5.41, 5.74) is 2.67. The molecular formula is C20H16N4O3S. The molecule has 0 unspecified atom stereocenters.